The van der Waals surface area contributed by atoms with Crippen LogP contribution in [0.15, 0.2) is 12.2 Å². The van der Waals surface area contributed by atoms with Crippen LogP contribution >= 0.6 is 12.6 Å². The van der Waals surface area contributed by atoms with E-state index in [1.54, 1.807) is 0 Å². The molecule has 0 heterocycles. The maximum Gasteiger partial charge on any atom is 0.0328 e. The van der Waals surface area contributed by atoms with Crippen LogP contribution in [0.4, 0.5) is 0 Å². The van der Waals surface area contributed by atoms with Gasteiger partial charge >= 0.3 is 0 Å². The van der Waals surface area contributed by atoms with Gasteiger partial charge in [0.2, 0.25) is 0 Å². The zero-order valence-corrected chi connectivity index (χ0v) is 5.66. The van der Waals surface area contributed by atoms with Gasteiger partial charge in [0.25, 0.3) is 0 Å². The van der Waals surface area contributed by atoms with Gasteiger partial charge in [0.05, 0.1) is 0 Å². The molecule has 0 bridgehead atoms. The average molecular weight is 115 g/mol. The van der Waals surface area contributed by atoms with Crippen molar-refractivity contribution in [1.82, 2.24) is 0 Å². The molecular weight excluding hydrogens is 104 g/mol. The van der Waals surface area contributed by atoms with Crippen molar-refractivity contribution in [2.24, 2.45) is 0 Å². The van der Waals surface area contributed by atoms with E-state index in [-0.39, 0.29) is 0 Å². The van der Waals surface area contributed by atoms with E-state index in [4.69, 9.17) is 12.6 Å². The Labute approximate surface area is 51.0 Å². The molecule has 0 N–H and O–H groups in total. The summed E-state index contributed by atoms with van der Waals surface area (Å²) in [5.41, 5.74) is 0. The Morgan fingerprint density at radius 3 is 2.43 bits per heavy atom. The van der Waals surface area contributed by atoms with Crippen LogP contribution in [0, 0.1) is 0 Å². The van der Waals surface area contributed by atoms with Crippen LogP contribution in [0.5, 0.6) is 0 Å². The van der Waals surface area contributed by atoms with Gasteiger partial charge in [-0.15, -0.1) is 0 Å². The van der Waals surface area contributed by atoms with Crippen LogP contribution < -0.4 is 0 Å². The molecule has 41 valence electrons. The zero-order valence-electron chi connectivity index (χ0n) is 4.85. The predicted molar refractivity (Wildman–Crippen MR) is 36.5 cm³/mol. The molecule has 0 aliphatic carbocycles. The third-order valence-corrected chi connectivity index (χ3v) is 1.30. The van der Waals surface area contributed by atoms with Gasteiger partial charge in [0.15, 0.2) is 0 Å². The van der Waals surface area contributed by atoms with E-state index in [2.05, 4.69) is 6.92 Å². The SMILES string of the molecule is CC=CC([S])CC. The fraction of sp³-hybridized carbons (Fsp3) is 0.667. The van der Waals surface area contributed by atoms with Crippen molar-refractivity contribution in [1.29, 1.82) is 0 Å². The van der Waals surface area contributed by atoms with Crippen molar-refractivity contribution in [3.63, 3.8) is 0 Å². The number of allylic oxidation sites excluding steroid dienone is 1. The first-order valence-corrected chi connectivity index (χ1v) is 3.07. The second kappa shape index (κ2) is 4.25. The number of rotatable bonds is 2. The normalized spacial score (nSPS) is 15.3. The van der Waals surface area contributed by atoms with Gasteiger partial charge in [-0.25, -0.2) is 0 Å². The van der Waals surface area contributed by atoms with E-state index in [1.807, 2.05) is 19.1 Å². The van der Waals surface area contributed by atoms with Crippen molar-refractivity contribution in [2.45, 2.75) is 25.5 Å². The first kappa shape index (κ1) is 7.09. The van der Waals surface area contributed by atoms with Crippen molar-refractivity contribution < 1.29 is 0 Å². The summed E-state index contributed by atoms with van der Waals surface area (Å²) in [6.45, 7) is 4.09. The fourth-order valence-electron chi connectivity index (χ4n) is 0.351. The Morgan fingerprint density at radius 2 is 2.29 bits per heavy atom. The summed E-state index contributed by atoms with van der Waals surface area (Å²) in [6.07, 6.45) is 5.11. The van der Waals surface area contributed by atoms with Gasteiger partial charge in [-0.3, -0.25) is 0 Å². The third-order valence-electron chi connectivity index (χ3n) is 0.809. The lowest BCUT2D eigenvalue weighted by Crippen LogP contribution is -1.86. The smallest absolute Gasteiger partial charge is 0.0328 e. The molecule has 1 unspecified atom stereocenters. The topological polar surface area (TPSA) is 0 Å². The van der Waals surface area contributed by atoms with Crippen LogP contribution in [0.25, 0.3) is 0 Å². The van der Waals surface area contributed by atoms with E-state index in [1.165, 1.54) is 0 Å². The second-order valence-corrected chi connectivity index (χ2v) is 2.08. The Hall–Kier alpha value is 0.0900. The van der Waals surface area contributed by atoms with Crippen molar-refractivity contribution in [2.75, 3.05) is 0 Å². The summed E-state index contributed by atoms with van der Waals surface area (Å²) < 4.78 is 0. The summed E-state index contributed by atoms with van der Waals surface area (Å²) in [5.74, 6) is 0. The summed E-state index contributed by atoms with van der Waals surface area (Å²) in [6, 6.07) is 0. The Kier molecular flexibility index (Phi) is 4.31. The summed E-state index contributed by atoms with van der Waals surface area (Å²) in [7, 11) is 0. The highest BCUT2D eigenvalue weighted by Crippen LogP contribution is 2.00. The molecule has 7 heavy (non-hydrogen) atoms. The minimum Gasteiger partial charge on any atom is -0.0905 e. The van der Waals surface area contributed by atoms with Gasteiger partial charge in [0.1, 0.15) is 0 Å². The Bertz CT molecular complexity index is 57.2. The third kappa shape index (κ3) is 3.93. The first-order chi connectivity index (χ1) is 3.31. The van der Waals surface area contributed by atoms with E-state index in [9.17, 15) is 0 Å². The maximum absolute atomic E-state index is 4.95. The Morgan fingerprint density at radius 1 is 1.71 bits per heavy atom. The molecule has 0 aromatic carbocycles. The maximum atomic E-state index is 4.95. The molecule has 0 saturated carbocycles. The fourth-order valence-corrected chi connectivity index (χ4v) is 0.508. The highest BCUT2D eigenvalue weighted by atomic mass is 32.1. The van der Waals surface area contributed by atoms with Crippen molar-refractivity contribution in [3.8, 4) is 0 Å². The summed E-state index contributed by atoms with van der Waals surface area (Å²) in [4.78, 5) is 0. The Balaban J connectivity index is 3.16. The molecular formula is C6H11S. The molecule has 1 radical (unpaired) electrons. The lowest BCUT2D eigenvalue weighted by atomic mass is 10.3. The van der Waals surface area contributed by atoms with Gasteiger partial charge in [-0.2, -0.15) is 0 Å². The van der Waals surface area contributed by atoms with Crippen LogP contribution in [0.1, 0.15) is 20.3 Å². The van der Waals surface area contributed by atoms with Gasteiger partial charge < -0.3 is 0 Å². The molecule has 0 amide bonds. The van der Waals surface area contributed by atoms with Crippen LogP contribution in [-0.4, -0.2) is 5.25 Å². The quantitative estimate of drug-likeness (QED) is 0.485. The molecule has 1 heteroatoms. The lowest BCUT2D eigenvalue weighted by Gasteiger charge is -1.93. The molecule has 0 aromatic heterocycles. The molecule has 0 saturated heterocycles. The van der Waals surface area contributed by atoms with Crippen LogP contribution in [-0.2, 0) is 0 Å². The molecule has 0 aliphatic rings. The minimum atomic E-state index is 0.352. The molecule has 0 aliphatic heterocycles. The predicted octanol–water partition coefficient (Wildman–Crippen LogP) is 2.54. The van der Waals surface area contributed by atoms with Gasteiger partial charge in [-0.05, 0) is 13.3 Å². The second-order valence-electron chi connectivity index (χ2n) is 1.47. The van der Waals surface area contributed by atoms with Gasteiger partial charge in [0, 0.05) is 5.25 Å². The average Bonchev–Trinajstić information content (AvgIpc) is 1.68. The monoisotopic (exact) mass is 115 g/mol. The van der Waals surface area contributed by atoms with Crippen LogP contribution in [0.3, 0.4) is 0 Å². The zero-order chi connectivity index (χ0) is 5.70. The van der Waals surface area contributed by atoms with Crippen molar-refractivity contribution in [3.05, 3.63) is 12.2 Å². The van der Waals surface area contributed by atoms with Gasteiger partial charge in [-0.1, -0.05) is 31.7 Å². The van der Waals surface area contributed by atoms with Crippen LogP contribution in [0.2, 0.25) is 0 Å². The molecule has 0 rings (SSSR count). The van der Waals surface area contributed by atoms with Crippen molar-refractivity contribution >= 4 is 12.6 Å². The highest BCUT2D eigenvalue weighted by molar-refractivity contribution is 7.81. The molecule has 1 atom stereocenters. The lowest BCUT2D eigenvalue weighted by molar-refractivity contribution is 0.982. The first-order valence-electron chi connectivity index (χ1n) is 2.60. The number of hydrogen-bond acceptors (Lipinski definition) is 0. The summed E-state index contributed by atoms with van der Waals surface area (Å²) >= 11 is 4.95. The number of hydrogen-bond donors (Lipinski definition) is 0. The molecule has 0 spiro atoms. The largest absolute Gasteiger partial charge is 0.0905 e. The molecule has 0 fully saturated rings. The van der Waals surface area contributed by atoms with E-state index >= 15 is 0 Å². The van der Waals surface area contributed by atoms with E-state index in [0.29, 0.717) is 5.25 Å². The van der Waals surface area contributed by atoms with E-state index in [0.717, 1.165) is 6.42 Å². The molecule has 0 nitrogen and oxygen atoms in total. The summed E-state index contributed by atoms with van der Waals surface area (Å²) in [5, 5.41) is 0.352. The standard InChI is InChI=1S/C6H11S/c1-3-5-6(7)4-2/h3,5-6H,4H2,1-2H3. The minimum absolute atomic E-state index is 0.352. The van der Waals surface area contributed by atoms with E-state index < -0.39 is 0 Å². The highest BCUT2D eigenvalue weighted by Gasteiger charge is 1.88. The molecule has 0 aromatic rings.